The first-order valence-corrected chi connectivity index (χ1v) is 5.72. The van der Waals surface area contributed by atoms with Crippen LogP contribution in [0.15, 0.2) is 36.4 Å². The van der Waals surface area contributed by atoms with E-state index in [4.69, 9.17) is 0 Å². The number of phenols is 2. The van der Waals surface area contributed by atoms with Crippen molar-refractivity contribution in [3.05, 3.63) is 63.2 Å². The number of rotatable bonds is 3. The van der Waals surface area contributed by atoms with Crippen molar-refractivity contribution in [2.45, 2.75) is 13.3 Å². The fourth-order valence-corrected chi connectivity index (χ4v) is 1.89. The predicted octanol–water partition coefficient (Wildman–Crippen LogP) is 2.91. The van der Waals surface area contributed by atoms with E-state index in [1.54, 1.807) is 18.2 Å². The van der Waals surface area contributed by atoms with Crippen molar-refractivity contribution in [3.8, 4) is 11.5 Å². The molecule has 0 saturated heterocycles. The summed E-state index contributed by atoms with van der Waals surface area (Å²) in [4.78, 5) is 10.2. The highest BCUT2D eigenvalue weighted by atomic mass is 16.6. The van der Waals surface area contributed by atoms with Crippen LogP contribution in [-0.4, -0.2) is 15.1 Å². The second-order valence-corrected chi connectivity index (χ2v) is 4.38. The molecule has 0 bridgehead atoms. The van der Waals surface area contributed by atoms with Crippen LogP contribution in [0.5, 0.6) is 11.5 Å². The summed E-state index contributed by atoms with van der Waals surface area (Å²) in [5, 5.41) is 30.2. The Morgan fingerprint density at radius 2 is 1.63 bits per heavy atom. The fourth-order valence-electron chi connectivity index (χ4n) is 1.89. The summed E-state index contributed by atoms with van der Waals surface area (Å²) in [7, 11) is 0. The molecule has 19 heavy (non-hydrogen) atoms. The van der Waals surface area contributed by atoms with Gasteiger partial charge < -0.3 is 10.2 Å². The smallest absolute Gasteiger partial charge is 0.269 e. The van der Waals surface area contributed by atoms with E-state index < -0.39 is 4.92 Å². The van der Waals surface area contributed by atoms with Crippen LogP contribution in [0.4, 0.5) is 5.69 Å². The Bertz CT molecular complexity index is 637. The summed E-state index contributed by atoms with van der Waals surface area (Å²) in [6, 6.07) is 8.98. The lowest BCUT2D eigenvalue weighted by Gasteiger charge is -2.07. The van der Waals surface area contributed by atoms with Gasteiger partial charge >= 0.3 is 0 Å². The molecular formula is C14H13NO4. The zero-order chi connectivity index (χ0) is 14.0. The number of nitrogens with zero attached hydrogens (tertiary/aromatic N) is 1. The Labute approximate surface area is 109 Å². The van der Waals surface area contributed by atoms with Gasteiger partial charge in [-0.1, -0.05) is 17.7 Å². The molecule has 2 N–H and O–H groups in total. The second-order valence-electron chi connectivity index (χ2n) is 4.38. The molecule has 0 radical (unpaired) electrons. The number of hydrogen-bond acceptors (Lipinski definition) is 4. The number of nitro benzene ring substituents is 1. The standard InChI is InChI=1S/C14H13NO4/c1-9-2-4-13(16)10(6-9)7-11-8-12(15(18)19)3-5-14(11)17/h2-6,8,16-17H,7H2,1H3. The molecule has 2 rings (SSSR count). The van der Waals surface area contributed by atoms with Crippen LogP contribution in [0.25, 0.3) is 0 Å². The van der Waals surface area contributed by atoms with Crippen molar-refractivity contribution in [2.75, 3.05) is 0 Å². The Morgan fingerprint density at radius 1 is 1.05 bits per heavy atom. The van der Waals surface area contributed by atoms with Crippen LogP contribution in [0.3, 0.4) is 0 Å². The van der Waals surface area contributed by atoms with E-state index in [1.807, 2.05) is 6.92 Å². The van der Waals surface area contributed by atoms with E-state index in [9.17, 15) is 20.3 Å². The van der Waals surface area contributed by atoms with Crippen LogP contribution < -0.4 is 0 Å². The van der Waals surface area contributed by atoms with Crippen LogP contribution >= 0.6 is 0 Å². The maximum Gasteiger partial charge on any atom is 0.269 e. The molecule has 0 heterocycles. The van der Waals surface area contributed by atoms with Gasteiger partial charge in [0, 0.05) is 24.1 Å². The number of benzene rings is 2. The van der Waals surface area contributed by atoms with Crippen molar-refractivity contribution in [1.29, 1.82) is 0 Å². The molecule has 0 aromatic heterocycles. The lowest BCUT2D eigenvalue weighted by molar-refractivity contribution is -0.384. The number of nitro groups is 1. The maximum absolute atomic E-state index is 10.7. The van der Waals surface area contributed by atoms with Crippen LogP contribution in [-0.2, 0) is 6.42 Å². The molecule has 0 aliphatic heterocycles. The normalized spacial score (nSPS) is 10.4. The largest absolute Gasteiger partial charge is 0.508 e. The van der Waals surface area contributed by atoms with E-state index in [0.29, 0.717) is 11.1 Å². The van der Waals surface area contributed by atoms with E-state index in [2.05, 4.69) is 0 Å². The molecule has 0 fully saturated rings. The van der Waals surface area contributed by atoms with Crippen molar-refractivity contribution in [1.82, 2.24) is 0 Å². The molecule has 2 aromatic rings. The molecule has 0 saturated carbocycles. The molecule has 5 nitrogen and oxygen atoms in total. The Balaban J connectivity index is 2.40. The van der Waals surface area contributed by atoms with Crippen molar-refractivity contribution < 1.29 is 15.1 Å². The monoisotopic (exact) mass is 259 g/mol. The van der Waals surface area contributed by atoms with E-state index in [1.165, 1.54) is 18.2 Å². The number of aromatic hydroxyl groups is 2. The van der Waals surface area contributed by atoms with Crippen LogP contribution in [0.2, 0.25) is 0 Å². The third-order valence-corrected chi connectivity index (χ3v) is 2.89. The SMILES string of the molecule is Cc1ccc(O)c(Cc2cc([N+](=O)[O-])ccc2O)c1. The van der Waals surface area contributed by atoms with Gasteiger partial charge in [0.05, 0.1) is 4.92 Å². The van der Waals surface area contributed by atoms with Gasteiger partial charge in [-0.3, -0.25) is 10.1 Å². The maximum atomic E-state index is 10.7. The third kappa shape index (κ3) is 2.82. The van der Waals surface area contributed by atoms with Crippen LogP contribution in [0.1, 0.15) is 16.7 Å². The summed E-state index contributed by atoms with van der Waals surface area (Å²) in [5.74, 6) is 0.0861. The summed E-state index contributed by atoms with van der Waals surface area (Å²) in [5.41, 5.74) is 1.92. The number of phenolic OH excluding ortho intramolecular Hbond substituents is 2. The first-order valence-electron chi connectivity index (χ1n) is 5.72. The minimum absolute atomic E-state index is 0.0218. The quantitative estimate of drug-likeness (QED) is 0.655. The van der Waals surface area contributed by atoms with Gasteiger partial charge in [-0.05, 0) is 24.6 Å². The van der Waals surface area contributed by atoms with E-state index >= 15 is 0 Å². The van der Waals surface area contributed by atoms with Crippen molar-refractivity contribution >= 4 is 5.69 Å². The minimum atomic E-state index is -0.515. The summed E-state index contributed by atoms with van der Waals surface area (Å²) < 4.78 is 0. The van der Waals surface area contributed by atoms with Gasteiger partial charge in [-0.15, -0.1) is 0 Å². The van der Waals surface area contributed by atoms with Crippen LogP contribution in [0, 0.1) is 17.0 Å². The highest BCUT2D eigenvalue weighted by Gasteiger charge is 2.12. The Kier molecular flexibility index (Phi) is 3.37. The zero-order valence-electron chi connectivity index (χ0n) is 10.3. The minimum Gasteiger partial charge on any atom is -0.508 e. The molecule has 5 heteroatoms. The van der Waals surface area contributed by atoms with E-state index in [0.717, 1.165) is 5.56 Å². The van der Waals surface area contributed by atoms with E-state index in [-0.39, 0.29) is 23.6 Å². The lowest BCUT2D eigenvalue weighted by atomic mass is 10.0. The molecule has 0 atom stereocenters. The van der Waals surface area contributed by atoms with Gasteiger partial charge in [0.25, 0.3) is 5.69 Å². The first-order chi connectivity index (χ1) is 8.97. The van der Waals surface area contributed by atoms with Gasteiger partial charge in [-0.2, -0.15) is 0 Å². The second kappa shape index (κ2) is 4.97. The first kappa shape index (κ1) is 12.9. The molecule has 2 aromatic carbocycles. The topological polar surface area (TPSA) is 83.6 Å². The Hall–Kier alpha value is -2.56. The highest BCUT2D eigenvalue weighted by molar-refractivity contribution is 5.47. The molecule has 98 valence electrons. The van der Waals surface area contributed by atoms with Gasteiger partial charge in [-0.25, -0.2) is 0 Å². The number of aryl methyl sites for hydroxylation is 1. The van der Waals surface area contributed by atoms with Crippen molar-refractivity contribution in [2.24, 2.45) is 0 Å². The lowest BCUT2D eigenvalue weighted by Crippen LogP contribution is -1.94. The summed E-state index contributed by atoms with van der Waals surface area (Å²) in [6.45, 7) is 1.89. The molecule has 0 aliphatic carbocycles. The molecule has 0 unspecified atom stereocenters. The van der Waals surface area contributed by atoms with Gasteiger partial charge in [0.1, 0.15) is 11.5 Å². The number of hydrogen-bond donors (Lipinski definition) is 2. The summed E-state index contributed by atoms with van der Waals surface area (Å²) >= 11 is 0. The average molecular weight is 259 g/mol. The molecular weight excluding hydrogens is 246 g/mol. The predicted molar refractivity (Wildman–Crippen MR) is 70.4 cm³/mol. The highest BCUT2D eigenvalue weighted by Crippen LogP contribution is 2.28. The molecule has 0 aliphatic rings. The molecule has 0 spiro atoms. The Morgan fingerprint density at radius 3 is 2.26 bits per heavy atom. The third-order valence-electron chi connectivity index (χ3n) is 2.89. The number of non-ortho nitro benzene ring substituents is 1. The fraction of sp³-hybridized carbons (Fsp3) is 0.143. The van der Waals surface area contributed by atoms with Gasteiger partial charge in [0.2, 0.25) is 0 Å². The van der Waals surface area contributed by atoms with Gasteiger partial charge in [0.15, 0.2) is 0 Å². The molecule has 0 amide bonds. The average Bonchev–Trinajstić information content (AvgIpc) is 2.36. The summed E-state index contributed by atoms with van der Waals surface area (Å²) in [6.07, 6.45) is 0.237. The van der Waals surface area contributed by atoms with Crippen molar-refractivity contribution in [3.63, 3.8) is 0 Å². The zero-order valence-corrected chi connectivity index (χ0v) is 10.3.